The molecule has 0 atom stereocenters. The minimum Gasteiger partial charge on any atom is -0.507 e. The predicted octanol–water partition coefficient (Wildman–Crippen LogP) is 3.05. The van der Waals surface area contributed by atoms with E-state index in [1.54, 1.807) is 19.3 Å². The Bertz CT molecular complexity index is 872. The number of likely N-dealkylation sites (N-methyl/N-ethyl adjacent to an activating group) is 1. The molecule has 0 aromatic heterocycles. The fraction of sp³-hybridized carbons (Fsp3) is 0.348. The number of piperazine rings is 1. The second-order valence-corrected chi connectivity index (χ2v) is 7.17. The zero-order chi connectivity index (χ0) is 20.8. The average molecular weight is 396 g/mol. The third-order valence-electron chi connectivity index (χ3n) is 5.22. The summed E-state index contributed by atoms with van der Waals surface area (Å²) in [6.07, 6.45) is 3.19. The number of carbonyl (C=O) groups excluding carboxylic acids is 1. The molecule has 0 radical (unpaired) electrons. The Labute approximate surface area is 172 Å². The second kappa shape index (κ2) is 9.58. The van der Waals surface area contributed by atoms with E-state index >= 15 is 0 Å². The number of phenols is 1. The number of hydrogen-bond acceptors (Lipinski definition) is 6. The Morgan fingerprint density at radius 3 is 2.34 bits per heavy atom. The van der Waals surface area contributed by atoms with Crippen LogP contribution in [0, 0.1) is 0 Å². The summed E-state index contributed by atoms with van der Waals surface area (Å²) in [7, 11) is 5.13. The molecule has 0 spiro atoms. The van der Waals surface area contributed by atoms with Crippen LogP contribution in [-0.2, 0) is 6.54 Å². The number of allylic oxidation sites excluding steroid dienone is 1. The molecule has 1 N–H and O–H groups in total. The summed E-state index contributed by atoms with van der Waals surface area (Å²) in [5.41, 5.74) is 1.67. The molecule has 0 bridgehead atoms. The molecule has 3 rings (SSSR count). The van der Waals surface area contributed by atoms with Crippen LogP contribution in [0.4, 0.5) is 0 Å². The lowest BCUT2D eigenvalue weighted by Crippen LogP contribution is -2.43. The van der Waals surface area contributed by atoms with Crippen LogP contribution in [0.5, 0.6) is 17.2 Å². The van der Waals surface area contributed by atoms with Gasteiger partial charge in [-0.3, -0.25) is 9.69 Å². The van der Waals surface area contributed by atoms with Crippen LogP contribution < -0.4 is 9.47 Å². The van der Waals surface area contributed by atoms with E-state index in [1.165, 1.54) is 13.2 Å². The lowest BCUT2D eigenvalue weighted by Gasteiger charge is -2.33. The maximum atomic E-state index is 12.9. The van der Waals surface area contributed by atoms with E-state index in [4.69, 9.17) is 9.47 Å². The highest BCUT2D eigenvalue weighted by Crippen LogP contribution is 2.40. The monoisotopic (exact) mass is 396 g/mol. The Kier molecular flexibility index (Phi) is 6.90. The smallest absolute Gasteiger partial charge is 0.193 e. The molecular weight excluding hydrogens is 368 g/mol. The molecule has 6 nitrogen and oxygen atoms in total. The maximum Gasteiger partial charge on any atom is 0.193 e. The second-order valence-electron chi connectivity index (χ2n) is 7.17. The largest absolute Gasteiger partial charge is 0.507 e. The highest BCUT2D eigenvalue weighted by Gasteiger charge is 2.25. The molecule has 154 valence electrons. The number of rotatable bonds is 7. The van der Waals surface area contributed by atoms with Gasteiger partial charge >= 0.3 is 0 Å². The first-order valence-electron chi connectivity index (χ1n) is 9.68. The van der Waals surface area contributed by atoms with Crippen LogP contribution in [0.1, 0.15) is 21.5 Å². The van der Waals surface area contributed by atoms with Gasteiger partial charge in [0.1, 0.15) is 22.8 Å². The molecule has 0 saturated carbocycles. The van der Waals surface area contributed by atoms with Crippen LogP contribution in [-0.4, -0.2) is 68.1 Å². The van der Waals surface area contributed by atoms with Crippen LogP contribution in [0.25, 0.3) is 6.08 Å². The molecular formula is C23H28N2O4. The zero-order valence-electron chi connectivity index (χ0n) is 17.2. The summed E-state index contributed by atoms with van der Waals surface area (Å²) in [5, 5.41) is 11.0. The average Bonchev–Trinajstić information content (AvgIpc) is 2.75. The maximum absolute atomic E-state index is 12.9. The highest BCUT2D eigenvalue weighted by atomic mass is 16.5. The van der Waals surface area contributed by atoms with Gasteiger partial charge in [-0.2, -0.15) is 0 Å². The molecule has 1 fully saturated rings. The van der Waals surface area contributed by atoms with Crippen molar-refractivity contribution in [2.45, 2.75) is 6.54 Å². The Hall–Kier alpha value is -2.83. The van der Waals surface area contributed by atoms with E-state index < -0.39 is 0 Å². The number of methoxy groups -OCH3 is 2. The first kappa shape index (κ1) is 20.9. The standard InChI is InChI=1S/C23H28N2O4/c1-24-11-13-25(14-12-24)16-18-20(28-2)15-21(29-3)22(23(18)27)19(26)10-9-17-7-5-4-6-8-17/h4-10,15,27H,11-14,16H2,1-3H3/b10-9+. The first-order valence-corrected chi connectivity index (χ1v) is 9.68. The van der Waals surface area contributed by atoms with Gasteiger partial charge < -0.3 is 19.5 Å². The SMILES string of the molecule is COc1cc(OC)c(C(=O)/C=C/c2ccccc2)c(O)c1CN1CCN(C)CC1. The summed E-state index contributed by atoms with van der Waals surface area (Å²) in [4.78, 5) is 17.4. The molecule has 0 aliphatic carbocycles. The molecule has 1 heterocycles. The van der Waals surface area contributed by atoms with Crippen molar-refractivity contribution in [2.24, 2.45) is 0 Å². The molecule has 1 aliphatic heterocycles. The number of nitrogens with zero attached hydrogens (tertiary/aromatic N) is 2. The van der Waals surface area contributed by atoms with Crippen LogP contribution in [0.15, 0.2) is 42.5 Å². The van der Waals surface area contributed by atoms with Crippen LogP contribution in [0.3, 0.4) is 0 Å². The van der Waals surface area contributed by atoms with Gasteiger partial charge in [0.25, 0.3) is 0 Å². The van der Waals surface area contributed by atoms with Crippen molar-refractivity contribution in [3.63, 3.8) is 0 Å². The van der Waals surface area contributed by atoms with Gasteiger partial charge in [0.2, 0.25) is 0 Å². The van der Waals surface area contributed by atoms with E-state index in [0.717, 1.165) is 31.7 Å². The molecule has 1 saturated heterocycles. The topological polar surface area (TPSA) is 62.2 Å². The Balaban J connectivity index is 1.93. The lowest BCUT2D eigenvalue weighted by molar-refractivity contribution is 0.104. The Morgan fingerprint density at radius 2 is 1.72 bits per heavy atom. The molecule has 0 amide bonds. The quantitative estimate of drug-likeness (QED) is 0.573. The van der Waals surface area contributed by atoms with Gasteiger partial charge in [-0.15, -0.1) is 0 Å². The van der Waals surface area contributed by atoms with Gasteiger partial charge in [0.15, 0.2) is 5.78 Å². The zero-order valence-corrected chi connectivity index (χ0v) is 17.2. The fourth-order valence-corrected chi connectivity index (χ4v) is 3.45. The number of carbonyl (C=O) groups is 1. The van der Waals surface area contributed by atoms with E-state index in [0.29, 0.717) is 23.6 Å². The summed E-state index contributed by atoms with van der Waals surface area (Å²) in [6, 6.07) is 11.2. The minimum absolute atomic E-state index is 0.0807. The van der Waals surface area contributed by atoms with Crippen LogP contribution >= 0.6 is 0 Å². The van der Waals surface area contributed by atoms with Gasteiger partial charge in [-0.05, 0) is 18.7 Å². The van der Waals surface area contributed by atoms with E-state index in [1.807, 2.05) is 30.3 Å². The van der Waals surface area contributed by atoms with Crippen molar-refractivity contribution < 1.29 is 19.4 Å². The Morgan fingerprint density at radius 1 is 1.07 bits per heavy atom. The number of aromatic hydroxyl groups is 1. The molecule has 1 aliphatic rings. The number of hydrogen-bond donors (Lipinski definition) is 1. The number of benzene rings is 2. The van der Waals surface area contributed by atoms with E-state index in [-0.39, 0.29) is 17.1 Å². The first-order chi connectivity index (χ1) is 14.0. The molecule has 29 heavy (non-hydrogen) atoms. The van der Waals surface area contributed by atoms with Gasteiger partial charge in [0, 0.05) is 38.8 Å². The molecule has 2 aromatic rings. The normalized spacial score (nSPS) is 15.6. The fourth-order valence-electron chi connectivity index (χ4n) is 3.45. The van der Waals surface area contributed by atoms with Gasteiger partial charge in [0.05, 0.1) is 19.8 Å². The van der Waals surface area contributed by atoms with E-state index in [2.05, 4.69) is 16.8 Å². The summed E-state index contributed by atoms with van der Waals surface area (Å²) >= 11 is 0. The van der Waals surface area contributed by atoms with Crippen molar-refractivity contribution in [1.29, 1.82) is 0 Å². The number of ether oxygens (including phenoxy) is 2. The summed E-state index contributed by atoms with van der Waals surface area (Å²) in [6.45, 7) is 4.22. The molecule has 2 aromatic carbocycles. The van der Waals surface area contributed by atoms with Crippen molar-refractivity contribution in [3.05, 3.63) is 59.2 Å². The number of ketones is 1. The minimum atomic E-state index is -0.314. The molecule has 6 heteroatoms. The van der Waals surface area contributed by atoms with Crippen molar-refractivity contribution in [2.75, 3.05) is 47.4 Å². The van der Waals surface area contributed by atoms with Crippen molar-refractivity contribution in [1.82, 2.24) is 9.80 Å². The third-order valence-corrected chi connectivity index (χ3v) is 5.22. The molecule has 0 unspecified atom stereocenters. The van der Waals surface area contributed by atoms with Crippen LogP contribution in [0.2, 0.25) is 0 Å². The lowest BCUT2D eigenvalue weighted by atomic mass is 10.0. The van der Waals surface area contributed by atoms with Crippen molar-refractivity contribution >= 4 is 11.9 Å². The van der Waals surface area contributed by atoms with E-state index in [9.17, 15) is 9.90 Å². The van der Waals surface area contributed by atoms with Gasteiger partial charge in [-0.25, -0.2) is 0 Å². The predicted molar refractivity (Wildman–Crippen MR) is 114 cm³/mol. The summed E-state index contributed by atoms with van der Waals surface area (Å²) in [5.74, 6) is 0.416. The third kappa shape index (κ3) is 4.96. The van der Waals surface area contributed by atoms with Crippen molar-refractivity contribution in [3.8, 4) is 17.2 Å². The highest BCUT2D eigenvalue weighted by molar-refractivity contribution is 6.11. The van der Waals surface area contributed by atoms with Gasteiger partial charge in [-0.1, -0.05) is 36.4 Å². The summed E-state index contributed by atoms with van der Waals surface area (Å²) < 4.78 is 10.9. The number of phenolic OH excluding ortho intramolecular Hbond substituents is 1.